The van der Waals surface area contributed by atoms with E-state index in [0.717, 1.165) is 12.3 Å². The van der Waals surface area contributed by atoms with Crippen LogP contribution in [0, 0.1) is 0 Å². The van der Waals surface area contributed by atoms with E-state index in [0.29, 0.717) is 0 Å². The molecule has 1 fully saturated rings. The summed E-state index contributed by atoms with van der Waals surface area (Å²) in [6.07, 6.45) is -3.46. The van der Waals surface area contributed by atoms with E-state index in [1.807, 2.05) is 0 Å². The minimum atomic E-state index is -4.53. The topological polar surface area (TPSA) is 62.3 Å². The van der Waals surface area contributed by atoms with E-state index in [-0.39, 0.29) is 24.6 Å². The molecule has 0 unspecified atom stereocenters. The lowest BCUT2D eigenvalue weighted by atomic mass is 10.0. The molecule has 21 heavy (non-hydrogen) atoms. The van der Waals surface area contributed by atoms with E-state index in [2.05, 4.69) is 10.3 Å². The first-order valence-corrected chi connectivity index (χ1v) is 6.27. The number of nitrogens with zero attached hydrogens (tertiary/aromatic N) is 2. The third-order valence-electron chi connectivity index (χ3n) is 3.14. The van der Waals surface area contributed by atoms with Gasteiger partial charge < -0.3 is 10.2 Å². The molecule has 0 radical (unpaired) electrons. The van der Waals surface area contributed by atoms with Crippen molar-refractivity contribution < 1.29 is 22.8 Å². The molecule has 5 nitrogen and oxygen atoms in total. The van der Waals surface area contributed by atoms with Gasteiger partial charge in [-0.15, -0.1) is 0 Å². The van der Waals surface area contributed by atoms with Gasteiger partial charge in [0.15, 0.2) is 0 Å². The van der Waals surface area contributed by atoms with Gasteiger partial charge in [-0.3, -0.25) is 9.59 Å². The van der Waals surface area contributed by atoms with Crippen LogP contribution in [0.5, 0.6) is 0 Å². The second-order valence-electron chi connectivity index (χ2n) is 5.28. The zero-order valence-corrected chi connectivity index (χ0v) is 11.5. The van der Waals surface area contributed by atoms with Crippen molar-refractivity contribution in [3.05, 3.63) is 24.0 Å². The number of hydrogen-bond donors (Lipinski definition) is 1. The van der Waals surface area contributed by atoms with Crippen LogP contribution in [0.4, 0.5) is 18.9 Å². The number of anilines is 1. The zero-order chi connectivity index (χ0) is 15.8. The summed E-state index contributed by atoms with van der Waals surface area (Å²) in [6.45, 7) is 3.19. The summed E-state index contributed by atoms with van der Waals surface area (Å²) >= 11 is 0. The second kappa shape index (κ2) is 5.01. The number of amides is 2. The number of aromatic nitrogens is 1. The van der Waals surface area contributed by atoms with Crippen LogP contribution in [-0.2, 0) is 15.8 Å². The SMILES string of the molecule is CC1(C)NC(=O)CCN(c2ccc(C(F)(F)F)nc2)C1=O. The number of hydrogen-bond acceptors (Lipinski definition) is 3. The maximum Gasteiger partial charge on any atom is 0.433 e. The van der Waals surface area contributed by atoms with Crippen LogP contribution < -0.4 is 10.2 Å². The highest BCUT2D eigenvalue weighted by Gasteiger charge is 2.38. The Kier molecular flexibility index (Phi) is 3.65. The molecule has 1 aromatic rings. The lowest BCUT2D eigenvalue weighted by Gasteiger charge is -2.28. The molecule has 0 spiro atoms. The molecule has 0 aliphatic carbocycles. The monoisotopic (exact) mass is 301 g/mol. The van der Waals surface area contributed by atoms with Crippen molar-refractivity contribution in [2.24, 2.45) is 0 Å². The standard InChI is InChI=1S/C13H14F3N3O2/c1-12(2)11(21)19(6-5-10(20)18-12)8-3-4-9(17-7-8)13(14,15)16/h3-4,7H,5-6H2,1-2H3,(H,18,20). The van der Waals surface area contributed by atoms with E-state index in [9.17, 15) is 22.8 Å². The van der Waals surface area contributed by atoms with Crippen molar-refractivity contribution >= 4 is 17.5 Å². The van der Waals surface area contributed by atoms with Crippen molar-refractivity contribution in [2.45, 2.75) is 32.0 Å². The molecule has 8 heteroatoms. The molecule has 1 aliphatic heterocycles. The van der Waals surface area contributed by atoms with E-state index < -0.39 is 23.3 Å². The number of carbonyl (C=O) groups is 2. The predicted octanol–water partition coefficient (Wildman–Crippen LogP) is 1.73. The molecule has 2 rings (SSSR count). The summed E-state index contributed by atoms with van der Waals surface area (Å²) < 4.78 is 37.4. The van der Waals surface area contributed by atoms with Crippen LogP contribution in [-0.4, -0.2) is 28.9 Å². The first-order chi connectivity index (χ1) is 9.61. The normalized spacial score (nSPS) is 19.2. The van der Waals surface area contributed by atoms with Gasteiger partial charge in [0.2, 0.25) is 5.91 Å². The lowest BCUT2D eigenvalue weighted by Crippen LogP contribution is -2.53. The van der Waals surface area contributed by atoms with Crippen molar-refractivity contribution in [1.29, 1.82) is 0 Å². The molecule has 1 aromatic heterocycles. The van der Waals surface area contributed by atoms with Crippen LogP contribution in [0.25, 0.3) is 0 Å². The maximum atomic E-state index is 12.5. The van der Waals surface area contributed by atoms with Gasteiger partial charge in [-0.1, -0.05) is 0 Å². The molecule has 0 saturated carbocycles. The van der Waals surface area contributed by atoms with Crippen molar-refractivity contribution in [1.82, 2.24) is 10.3 Å². The average Bonchev–Trinajstić information content (AvgIpc) is 2.46. The Morgan fingerprint density at radius 3 is 2.48 bits per heavy atom. The third kappa shape index (κ3) is 3.14. The Balaban J connectivity index is 2.32. The molecule has 0 bridgehead atoms. The summed E-state index contributed by atoms with van der Waals surface area (Å²) in [6, 6.07) is 2.00. The van der Waals surface area contributed by atoms with Gasteiger partial charge >= 0.3 is 6.18 Å². The molecule has 2 heterocycles. The Morgan fingerprint density at radius 1 is 1.29 bits per heavy atom. The van der Waals surface area contributed by atoms with Gasteiger partial charge in [0.1, 0.15) is 11.2 Å². The lowest BCUT2D eigenvalue weighted by molar-refractivity contribution is -0.141. The smallest absolute Gasteiger partial charge is 0.342 e. The van der Waals surface area contributed by atoms with E-state index in [4.69, 9.17) is 0 Å². The van der Waals surface area contributed by atoms with Crippen LogP contribution in [0.2, 0.25) is 0 Å². The first-order valence-electron chi connectivity index (χ1n) is 6.27. The van der Waals surface area contributed by atoms with Crippen molar-refractivity contribution in [2.75, 3.05) is 11.4 Å². The fourth-order valence-corrected chi connectivity index (χ4v) is 2.08. The summed E-state index contributed by atoms with van der Waals surface area (Å²) in [7, 11) is 0. The summed E-state index contributed by atoms with van der Waals surface area (Å²) in [5.41, 5.74) is -1.91. The molecular formula is C13H14F3N3O2. The minimum absolute atomic E-state index is 0.0796. The van der Waals surface area contributed by atoms with E-state index >= 15 is 0 Å². The zero-order valence-electron chi connectivity index (χ0n) is 11.5. The summed E-state index contributed by atoms with van der Waals surface area (Å²) in [5, 5.41) is 2.57. The van der Waals surface area contributed by atoms with Crippen LogP contribution in [0.15, 0.2) is 18.3 Å². The summed E-state index contributed by atoms with van der Waals surface area (Å²) in [5.74, 6) is -0.675. The summed E-state index contributed by atoms with van der Waals surface area (Å²) in [4.78, 5) is 28.5. The largest absolute Gasteiger partial charge is 0.433 e. The van der Waals surface area contributed by atoms with Crippen molar-refractivity contribution in [3.8, 4) is 0 Å². The Hall–Kier alpha value is -2.12. The fraction of sp³-hybridized carbons (Fsp3) is 0.462. The Bertz CT molecular complexity index is 567. The number of pyridine rings is 1. The highest BCUT2D eigenvalue weighted by atomic mass is 19.4. The molecule has 0 aromatic carbocycles. The quantitative estimate of drug-likeness (QED) is 0.859. The number of alkyl halides is 3. The van der Waals surface area contributed by atoms with Crippen molar-refractivity contribution in [3.63, 3.8) is 0 Å². The van der Waals surface area contributed by atoms with Gasteiger partial charge in [0, 0.05) is 13.0 Å². The molecule has 114 valence electrons. The van der Waals surface area contributed by atoms with Gasteiger partial charge in [-0.05, 0) is 26.0 Å². The Morgan fingerprint density at radius 2 is 1.95 bits per heavy atom. The highest BCUT2D eigenvalue weighted by Crippen LogP contribution is 2.29. The number of rotatable bonds is 1. The molecule has 2 amide bonds. The van der Waals surface area contributed by atoms with Gasteiger partial charge in [0.25, 0.3) is 5.91 Å². The molecule has 0 atom stereocenters. The molecule has 1 saturated heterocycles. The minimum Gasteiger partial charge on any atom is -0.342 e. The first kappa shape index (κ1) is 15.3. The highest BCUT2D eigenvalue weighted by molar-refractivity contribution is 6.03. The van der Waals surface area contributed by atoms with Gasteiger partial charge in [0.05, 0.1) is 11.9 Å². The predicted molar refractivity (Wildman–Crippen MR) is 68.4 cm³/mol. The number of halogens is 3. The van der Waals surface area contributed by atoms with Crippen LogP contribution in [0.3, 0.4) is 0 Å². The van der Waals surface area contributed by atoms with E-state index in [1.165, 1.54) is 11.0 Å². The van der Waals surface area contributed by atoms with E-state index in [1.54, 1.807) is 13.8 Å². The van der Waals surface area contributed by atoms with Gasteiger partial charge in [-0.2, -0.15) is 13.2 Å². The average molecular weight is 301 g/mol. The molecule has 1 N–H and O–H groups in total. The molecular weight excluding hydrogens is 287 g/mol. The van der Waals surface area contributed by atoms with Crippen LogP contribution in [0.1, 0.15) is 26.0 Å². The fourth-order valence-electron chi connectivity index (χ4n) is 2.08. The number of nitrogens with one attached hydrogen (secondary N) is 1. The third-order valence-corrected chi connectivity index (χ3v) is 3.14. The van der Waals surface area contributed by atoms with Gasteiger partial charge in [-0.25, -0.2) is 4.98 Å². The molecule has 1 aliphatic rings. The van der Waals surface area contributed by atoms with Crippen LogP contribution >= 0.6 is 0 Å². The number of carbonyl (C=O) groups excluding carboxylic acids is 2. The maximum absolute atomic E-state index is 12.5. The second-order valence-corrected chi connectivity index (χ2v) is 5.28. The Labute approximate surface area is 119 Å².